The lowest BCUT2D eigenvalue weighted by molar-refractivity contribution is -0.132. The molecule has 1 aliphatic heterocycles. The quantitative estimate of drug-likeness (QED) is 0.610. The maximum atomic E-state index is 11.8. The summed E-state index contributed by atoms with van der Waals surface area (Å²) in [5.41, 5.74) is 2.17. The number of hydrogen-bond donors (Lipinski definition) is 2. The average Bonchev–Trinajstić information content (AvgIpc) is 2.80. The van der Waals surface area contributed by atoms with Gasteiger partial charge >= 0.3 is 5.97 Å². The maximum absolute atomic E-state index is 11.8. The number of aliphatic carboxylic acids is 1. The SMILES string of the molecule is C=C/C=C(C(=O)O)\C(=C/C)c1c2ccc(=O)cc-2oc2c1C=CCC(O)=C2. The molecule has 136 valence electrons. The van der Waals surface area contributed by atoms with Gasteiger partial charge in [-0.1, -0.05) is 30.9 Å². The second-order valence-corrected chi connectivity index (χ2v) is 5.98. The van der Waals surface area contributed by atoms with Crippen molar-refractivity contribution in [2.45, 2.75) is 13.3 Å². The van der Waals surface area contributed by atoms with E-state index < -0.39 is 5.97 Å². The second-order valence-electron chi connectivity index (χ2n) is 5.98. The molecule has 1 heterocycles. The van der Waals surface area contributed by atoms with Gasteiger partial charge in [-0.2, -0.15) is 0 Å². The lowest BCUT2D eigenvalue weighted by Crippen LogP contribution is -2.08. The number of aliphatic hydroxyl groups is 1. The van der Waals surface area contributed by atoms with Crippen molar-refractivity contribution in [2.75, 3.05) is 0 Å². The van der Waals surface area contributed by atoms with E-state index >= 15 is 0 Å². The molecule has 0 fully saturated rings. The number of carboxylic acids is 1. The Bertz CT molecular complexity index is 1080. The fraction of sp³-hybridized carbons (Fsp3) is 0.0909. The molecule has 0 saturated heterocycles. The van der Waals surface area contributed by atoms with Crippen molar-refractivity contribution < 1.29 is 19.4 Å². The summed E-state index contributed by atoms with van der Waals surface area (Å²) < 4.78 is 5.85. The summed E-state index contributed by atoms with van der Waals surface area (Å²) in [5.74, 6) is -0.308. The van der Waals surface area contributed by atoms with Gasteiger partial charge in [0.2, 0.25) is 0 Å². The molecular weight excluding hydrogens is 344 g/mol. The van der Waals surface area contributed by atoms with E-state index in [4.69, 9.17) is 4.42 Å². The van der Waals surface area contributed by atoms with Crippen LogP contribution in [0.2, 0.25) is 0 Å². The largest absolute Gasteiger partial charge is 0.512 e. The summed E-state index contributed by atoms with van der Waals surface area (Å²) >= 11 is 0. The fourth-order valence-electron chi connectivity index (χ4n) is 3.13. The summed E-state index contributed by atoms with van der Waals surface area (Å²) in [6.45, 7) is 5.34. The Morgan fingerprint density at radius 3 is 2.78 bits per heavy atom. The minimum atomic E-state index is -1.10. The number of fused-ring (bicyclic) bond motifs is 2. The van der Waals surface area contributed by atoms with E-state index in [0.29, 0.717) is 40.2 Å². The van der Waals surface area contributed by atoms with Crippen molar-refractivity contribution in [1.29, 1.82) is 0 Å². The van der Waals surface area contributed by atoms with Crippen LogP contribution in [0.3, 0.4) is 0 Å². The first-order chi connectivity index (χ1) is 13.0. The van der Waals surface area contributed by atoms with Gasteiger partial charge in [0.05, 0.1) is 11.3 Å². The number of hydrogen-bond acceptors (Lipinski definition) is 4. The first-order valence-corrected chi connectivity index (χ1v) is 8.36. The Balaban J connectivity index is 2.46. The standard InChI is InChI=1S/C22H18O5/c1-3-6-16(22(25)26)15(4-2)21-17-8-5-7-13(23)11-19(17)27-20-12-14(24)9-10-18(20)21/h3-6,8-12,23H,1,7H2,2H3,(H,25,26)/b15-4+,16-6+. The van der Waals surface area contributed by atoms with Crippen LogP contribution < -0.4 is 5.43 Å². The average molecular weight is 362 g/mol. The van der Waals surface area contributed by atoms with Gasteiger partial charge in [0, 0.05) is 35.3 Å². The van der Waals surface area contributed by atoms with Crippen LogP contribution in [-0.4, -0.2) is 16.2 Å². The Hall–Kier alpha value is -3.60. The molecule has 5 heteroatoms. The summed E-state index contributed by atoms with van der Waals surface area (Å²) in [6, 6.07) is 4.38. The first-order valence-electron chi connectivity index (χ1n) is 8.36. The minimum absolute atomic E-state index is 0.0687. The van der Waals surface area contributed by atoms with E-state index in [2.05, 4.69) is 6.58 Å². The van der Waals surface area contributed by atoms with Gasteiger partial charge < -0.3 is 14.6 Å². The van der Waals surface area contributed by atoms with Crippen LogP contribution in [0, 0.1) is 0 Å². The normalized spacial score (nSPS) is 14.5. The van der Waals surface area contributed by atoms with Crippen LogP contribution in [0.1, 0.15) is 30.2 Å². The number of rotatable bonds is 4. The highest BCUT2D eigenvalue weighted by Crippen LogP contribution is 2.40. The molecule has 2 aliphatic carbocycles. The zero-order valence-corrected chi connectivity index (χ0v) is 14.7. The highest BCUT2D eigenvalue weighted by Gasteiger charge is 2.25. The van der Waals surface area contributed by atoms with Gasteiger partial charge in [-0.3, -0.25) is 4.79 Å². The molecule has 0 aromatic carbocycles. The first kappa shape index (κ1) is 18.2. The molecular formula is C22H18O5. The van der Waals surface area contributed by atoms with Crippen molar-refractivity contribution in [3.8, 4) is 11.3 Å². The van der Waals surface area contributed by atoms with E-state index in [1.165, 1.54) is 30.4 Å². The molecule has 0 spiro atoms. The molecule has 5 nitrogen and oxygen atoms in total. The molecule has 2 N–H and O–H groups in total. The molecule has 0 atom stereocenters. The van der Waals surface area contributed by atoms with E-state index in [9.17, 15) is 19.8 Å². The highest BCUT2D eigenvalue weighted by atomic mass is 16.4. The van der Waals surface area contributed by atoms with Crippen molar-refractivity contribution >= 4 is 23.7 Å². The van der Waals surface area contributed by atoms with E-state index in [1.54, 1.807) is 31.2 Å². The Kier molecular flexibility index (Phi) is 4.94. The monoisotopic (exact) mass is 362 g/mol. The lowest BCUT2D eigenvalue weighted by atomic mass is 9.87. The van der Waals surface area contributed by atoms with Gasteiger partial charge in [-0.25, -0.2) is 4.79 Å². The number of benzene rings is 1. The third kappa shape index (κ3) is 3.40. The van der Waals surface area contributed by atoms with Crippen LogP contribution in [0.4, 0.5) is 0 Å². The third-order valence-electron chi connectivity index (χ3n) is 4.25. The van der Waals surface area contributed by atoms with Gasteiger partial charge in [0.15, 0.2) is 5.43 Å². The maximum Gasteiger partial charge on any atom is 0.336 e. The summed E-state index contributed by atoms with van der Waals surface area (Å²) in [6.07, 6.45) is 9.91. The topological polar surface area (TPSA) is 87.7 Å². The molecule has 3 rings (SSSR count). The van der Waals surface area contributed by atoms with Crippen molar-refractivity contribution in [3.05, 3.63) is 87.5 Å². The summed E-state index contributed by atoms with van der Waals surface area (Å²) in [4.78, 5) is 23.6. The van der Waals surface area contributed by atoms with Crippen molar-refractivity contribution in [1.82, 2.24) is 0 Å². The number of aliphatic hydroxyl groups excluding tert-OH is 1. The Morgan fingerprint density at radius 2 is 2.11 bits per heavy atom. The molecule has 27 heavy (non-hydrogen) atoms. The van der Waals surface area contributed by atoms with E-state index in [-0.39, 0.29) is 16.8 Å². The van der Waals surface area contributed by atoms with E-state index in [0.717, 1.165) is 0 Å². The van der Waals surface area contributed by atoms with Crippen LogP contribution in [0.25, 0.3) is 29.0 Å². The predicted octanol–water partition coefficient (Wildman–Crippen LogP) is 4.66. The van der Waals surface area contributed by atoms with E-state index in [1.807, 2.05) is 0 Å². The summed E-state index contributed by atoms with van der Waals surface area (Å²) in [5, 5.41) is 19.7. The lowest BCUT2D eigenvalue weighted by Gasteiger charge is -2.19. The molecule has 0 amide bonds. The molecule has 0 saturated carbocycles. The summed E-state index contributed by atoms with van der Waals surface area (Å²) in [7, 11) is 0. The van der Waals surface area contributed by atoms with Crippen LogP contribution >= 0.6 is 0 Å². The van der Waals surface area contributed by atoms with Gasteiger partial charge in [0.25, 0.3) is 0 Å². The molecule has 0 aromatic rings. The smallest absolute Gasteiger partial charge is 0.336 e. The predicted molar refractivity (Wildman–Crippen MR) is 105 cm³/mol. The van der Waals surface area contributed by atoms with Gasteiger partial charge in [-0.15, -0.1) is 0 Å². The molecule has 0 unspecified atom stereocenters. The van der Waals surface area contributed by atoms with Crippen LogP contribution in [0.5, 0.6) is 0 Å². The zero-order chi connectivity index (χ0) is 19.6. The number of allylic oxidation sites excluding steroid dienone is 4. The van der Waals surface area contributed by atoms with Crippen molar-refractivity contribution in [3.63, 3.8) is 0 Å². The van der Waals surface area contributed by atoms with Gasteiger partial charge in [-0.05, 0) is 30.7 Å². The molecule has 0 radical (unpaired) electrons. The van der Waals surface area contributed by atoms with Crippen LogP contribution in [-0.2, 0) is 4.79 Å². The molecule has 3 aliphatic rings. The Morgan fingerprint density at radius 1 is 1.33 bits per heavy atom. The third-order valence-corrected chi connectivity index (χ3v) is 4.25. The fourth-order valence-corrected chi connectivity index (χ4v) is 3.13. The minimum Gasteiger partial charge on any atom is -0.512 e. The van der Waals surface area contributed by atoms with Crippen molar-refractivity contribution in [2.24, 2.45) is 0 Å². The second kappa shape index (κ2) is 7.33. The number of carbonyl (C=O) groups is 1. The highest BCUT2D eigenvalue weighted by molar-refractivity contribution is 6.09. The number of carboxylic acid groups (broad SMARTS) is 1. The Labute approximate surface area is 155 Å². The zero-order valence-electron chi connectivity index (χ0n) is 14.7. The van der Waals surface area contributed by atoms with Gasteiger partial charge in [0.1, 0.15) is 11.5 Å². The molecule has 0 bridgehead atoms. The molecule has 0 aromatic heterocycles. The van der Waals surface area contributed by atoms with Crippen LogP contribution in [0.15, 0.2) is 69.6 Å².